The van der Waals surface area contributed by atoms with Gasteiger partial charge in [-0.05, 0) is 31.0 Å². The van der Waals surface area contributed by atoms with E-state index in [0.29, 0.717) is 6.07 Å². The van der Waals surface area contributed by atoms with E-state index < -0.39 is 39.1 Å². The number of amides is 1. The van der Waals surface area contributed by atoms with Gasteiger partial charge in [0.05, 0.1) is 17.0 Å². The van der Waals surface area contributed by atoms with E-state index in [9.17, 15) is 26.4 Å². The molecule has 28 heavy (non-hydrogen) atoms. The van der Waals surface area contributed by atoms with Crippen molar-refractivity contribution < 1.29 is 26.4 Å². The molecular weight excluding hydrogens is 417 g/mol. The number of alkyl halides is 3. The largest absolute Gasteiger partial charge is 0.416 e. The van der Waals surface area contributed by atoms with Crippen molar-refractivity contribution in [1.29, 1.82) is 0 Å². The summed E-state index contributed by atoms with van der Waals surface area (Å²) in [5, 5.41) is 11.3. The maximum absolute atomic E-state index is 12.7. The van der Waals surface area contributed by atoms with Crippen LogP contribution < -0.4 is 10.0 Å². The Balaban J connectivity index is 2.00. The maximum Gasteiger partial charge on any atom is 0.416 e. The molecule has 0 aliphatic rings. The molecule has 0 atom stereocenters. The highest BCUT2D eigenvalue weighted by Gasteiger charge is 2.31. The molecule has 2 aromatic rings. The van der Waals surface area contributed by atoms with Crippen LogP contribution in [0.2, 0.25) is 0 Å². The third kappa shape index (κ3) is 5.72. The number of anilines is 1. The lowest BCUT2D eigenvalue weighted by Crippen LogP contribution is -2.33. The monoisotopic (exact) mass is 436 g/mol. The molecule has 12 heteroatoms. The van der Waals surface area contributed by atoms with Crippen molar-refractivity contribution in [3.63, 3.8) is 0 Å². The number of benzene rings is 1. The number of hydrogen-bond donors (Lipinski definition) is 2. The predicted octanol–water partition coefficient (Wildman–Crippen LogP) is 3.38. The van der Waals surface area contributed by atoms with Gasteiger partial charge in [0.1, 0.15) is 5.01 Å². The van der Waals surface area contributed by atoms with Crippen LogP contribution >= 0.6 is 11.3 Å². The van der Waals surface area contributed by atoms with Gasteiger partial charge >= 0.3 is 6.18 Å². The van der Waals surface area contributed by atoms with Crippen molar-refractivity contribution in [1.82, 2.24) is 14.9 Å². The average Bonchev–Trinajstić information content (AvgIpc) is 3.09. The van der Waals surface area contributed by atoms with Crippen LogP contribution in [0.25, 0.3) is 0 Å². The minimum atomic E-state index is -4.67. The number of hydrogen-bond acceptors (Lipinski definition) is 6. The van der Waals surface area contributed by atoms with E-state index in [2.05, 4.69) is 15.5 Å². The predicted molar refractivity (Wildman–Crippen MR) is 98.5 cm³/mol. The second-order valence-electron chi connectivity index (χ2n) is 5.86. The Kier molecular flexibility index (Phi) is 7.12. The molecule has 0 aliphatic carbocycles. The first-order valence-electron chi connectivity index (χ1n) is 8.37. The van der Waals surface area contributed by atoms with Crippen molar-refractivity contribution in [2.45, 2.75) is 43.7 Å². The third-order valence-electron chi connectivity index (χ3n) is 3.92. The third-order valence-corrected chi connectivity index (χ3v) is 6.32. The molecule has 0 aliphatic heterocycles. The molecule has 1 heterocycles. The zero-order chi connectivity index (χ0) is 20.9. The fourth-order valence-electron chi connectivity index (χ4n) is 2.33. The molecule has 2 rings (SSSR count). The van der Waals surface area contributed by atoms with Crippen molar-refractivity contribution in [2.75, 3.05) is 11.9 Å². The number of halogens is 3. The molecule has 0 fully saturated rings. The number of rotatable bonds is 8. The molecule has 0 saturated heterocycles. The summed E-state index contributed by atoms with van der Waals surface area (Å²) in [4.78, 5) is 11.4. The van der Waals surface area contributed by atoms with Gasteiger partial charge in [-0.25, -0.2) is 13.1 Å². The Labute approximate surface area is 164 Å². The number of carbonyl (C=O) groups is 1. The van der Waals surface area contributed by atoms with Gasteiger partial charge < -0.3 is 0 Å². The molecular formula is C16H19F3N4O3S2. The highest BCUT2D eigenvalue weighted by atomic mass is 32.2. The first-order chi connectivity index (χ1) is 13.1. The molecule has 2 N–H and O–H groups in total. The number of sulfonamides is 1. The number of nitrogens with one attached hydrogen (secondary N) is 2. The van der Waals surface area contributed by atoms with Gasteiger partial charge in [-0.3, -0.25) is 10.1 Å². The van der Waals surface area contributed by atoms with E-state index in [-0.39, 0.29) is 11.0 Å². The Morgan fingerprint density at radius 2 is 1.89 bits per heavy atom. The lowest BCUT2D eigenvalue weighted by atomic mass is 10.1. The SMILES string of the molecule is CCC(CC)c1nnc(NC(=O)CNS(=O)(=O)c2cccc(C(F)(F)F)c2)s1. The summed E-state index contributed by atoms with van der Waals surface area (Å²) in [7, 11) is -4.29. The van der Waals surface area contributed by atoms with Crippen LogP contribution in [-0.2, 0) is 21.0 Å². The molecule has 154 valence electrons. The Hall–Kier alpha value is -2.05. The van der Waals surface area contributed by atoms with Gasteiger partial charge in [-0.15, -0.1) is 10.2 Å². The molecule has 1 aromatic carbocycles. The maximum atomic E-state index is 12.7. The number of aromatic nitrogens is 2. The summed E-state index contributed by atoms with van der Waals surface area (Å²) in [5.74, 6) is -0.481. The van der Waals surface area contributed by atoms with Crippen molar-refractivity contribution in [3.05, 3.63) is 34.8 Å². The summed E-state index contributed by atoms with van der Waals surface area (Å²) in [6.45, 7) is 3.37. The lowest BCUT2D eigenvalue weighted by Gasteiger charge is -2.10. The summed E-state index contributed by atoms with van der Waals surface area (Å²) in [6, 6.07) is 3.27. The van der Waals surface area contributed by atoms with Crippen molar-refractivity contribution in [3.8, 4) is 0 Å². The molecule has 0 saturated carbocycles. The van der Waals surface area contributed by atoms with E-state index >= 15 is 0 Å². The summed E-state index contributed by atoms with van der Waals surface area (Å²) in [5.41, 5.74) is -1.09. The zero-order valence-corrected chi connectivity index (χ0v) is 16.7. The van der Waals surface area contributed by atoms with Crippen LogP contribution in [0.4, 0.5) is 18.3 Å². The number of nitrogens with zero attached hydrogens (tertiary/aromatic N) is 2. The molecule has 0 unspecified atom stereocenters. The fraction of sp³-hybridized carbons (Fsp3) is 0.438. The molecule has 1 aromatic heterocycles. The Morgan fingerprint density at radius 3 is 2.50 bits per heavy atom. The Morgan fingerprint density at radius 1 is 1.21 bits per heavy atom. The highest BCUT2D eigenvalue weighted by molar-refractivity contribution is 7.89. The van der Waals surface area contributed by atoms with Gasteiger partial charge in [0.2, 0.25) is 21.1 Å². The van der Waals surface area contributed by atoms with Crippen molar-refractivity contribution in [2.24, 2.45) is 0 Å². The van der Waals surface area contributed by atoms with Crippen molar-refractivity contribution >= 4 is 32.4 Å². The quantitative estimate of drug-likeness (QED) is 0.661. The minimum absolute atomic E-state index is 0.225. The van der Waals surface area contributed by atoms with E-state index in [1.54, 1.807) is 0 Å². The minimum Gasteiger partial charge on any atom is -0.299 e. The van der Waals surface area contributed by atoms with E-state index in [1.807, 2.05) is 18.6 Å². The summed E-state index contributed by atoms with van der Waals surface area (Å²) in [6.07, 6.45) is -2.93. The fourth-order valence-corrected chi connectivity index (χ4v) is 4.39. The van der Waals surface area contributed by atoms with Crippen LogP contribution in [0, 0.1) is 0 Å². The second kappa shape index (κ2) is 8.97. The normalized spacial score (nSPS) is 12.4. The van der Waals surface area contributed by atoms with E-state index in [4.69, 9.17) is 0 Å². The lowest BCUT2D eigenvalue weighted by molar-refractivity contribution is -0.137. The molecule has 0 radical (unpaired) electrons. The topological polar surface area (TPSA) is 101 Å². The van der Waals surface area contributed by atoms with Gasteiger partial charge in [0.25, 0.3) is 0 Å². The van der Waals surface area contributed by atoms with E-state index in [0.717, 1.165) is 36.0 Å². The van der Waals surface area contributed by atoms with Crippen LogP contribution in [0.1, 0.15) is 43.2 Å². The van der Waals surface area contributed by atoms with Crippen LogP contribution in [0.3, 0.4) is 0 Å². The first-order valence-corrected chi connectivity index (χ1v) is 10.7. The van der Waals surface area contributed by atoms with E-state index in [1.165, 1.54) is 11.3 Å². The molecule has 7 nitrogen and oxygen atoms in total. The average molecular weight is 436 g/mol. The van der Waals surface area contributed by atoms with Crippen LogP contribution in [-0.4, -0.2) is 31.1 Å². The van der Waals surface area contributed by atoms with Gasteiger partial charge in [-0.2, -0.15) is 13.2 Å². The highest BCUT2D eigenvalue weighted by Crippen LogP contribution is 2.30. The number of carbonyl (C=O) groups excluding carboxylic acids is 1. The first kappa shape index (κ1) is 22.2. The second-order valence-corrected chi connectivity index (χ2v) is 8.63. The van der Waals surface area contributed by atoms with Crippen LogP contribution in [0.15, 0.2) is 29.2 Å². The molecule has 1 amide bonds. The molecule has 0 spiro atoms. The standard InChI is InChI=1S/C16H19F3N4O3S2/c1-3-10(4-2)14-22-23-15(27-14)21-13(24)9-20-28(25,26)12-7-5-6-11(8-12)16(17,18)19/h5-8,10,20H,3-4,9H2,1-2H3,(H,21,23,24). The van der Waals surface area contributed by atoms with Gasteiger partial charge in [0.15, 0.2) is 0 Å². The van der Waals surface area contributed by atoms with Gasteiger partial charge in [0, 0.05) is 5.92 Å². The summed E-state index contributed by atoms with van der Waals surface area (Å²) >= 11 is 1.20. The zero-order valence-electron chi connectivity index (χ0n) is 15.1. The summed E-state index contributed by atoms with van der Waals surface area (Å²) < 4.78 is 64.5. The molecule has 0 bridgehead atoms. The smallest absolute Gasteiger partial charge is 0.299 e. The van der Waals surface area contributed by atoms with Crippen LogP contribution in [0.5, 0.6) is 0 Å². The Bertz CT molecular complexity index is 925. The van der Waals surface area contributed by atoms with Gasteiger partial charge in [-0.1, -0.05) is 31.3 Å².